The fraction of sp³-hybridized carbons (Fsp3) is 0.238. The van der Waals surface area contributed by atoms with Crippen LogP contribution in [0.15, 0.2) is 48.7 Å². The van der Waals surface area contributed by atoms with Crippen molar-refractivity contribution in [2.75, 3.05) is 21.3 Å². The highest BCUT2D eigenvalue weighted by Gasteiger charge is 2.18. The van der Waals surface area contributed by atoms with Gasteiger partial charge in [0.2, 0.25) is 0 Å². The molecule has 3 aromatic rings. The first kappa shape index (κ1) is 19.8. The van der Waals surface area contributed by atoms with E-state index in [4.69, 9.17) is 21.1 Å². The number of aromatic nitrogens is 2. The smallest absolute Gasteiger partial charge is 0.274 e. The van der Waals surface area contributed by atoms with Crippen molar-refractivity contribution in [2.45, 2.75) is 13.5 Å². The Morgan fingerprint density at radius 2 is 1.82 bits per heavy atom. The Balaban J connectivity index is 1.83. The Hall–Kier alpha value is -2.99. The third kappa shape index (κ3) is 4.12. The number of nitrogens with zero attached hydrogens (tertiary/aromatic N) is 3. The van der Waals surface area contributed by atoms with Crippen LogP contribution in [-0.4, -0.2) is 41.9 Å². The molecule has 0 aliphatic rings. The van der Waals surface area contributed by atoms with E-state index in [-0.39, 0.29) is 5.91 Å². The van der Waals surface area contributed by atoms with Crippen LogP contribution >= 0.6 is 11.6 Å². The number of hydrogen-bond donors (Lipinski definition) is 0. The number of halogens is 1. The molecule has 6 nitrogen and oxygen atoms in total. The molecule has 0 fully saturated rings. The van der Waals surface area contributed by atoms with Crippen LogP contribution in [0.2, 0.25) is 5.02 Å². The number of benzene rings is 2. The average Bonchev–Trinajstić information content (AvgIpc) is 3.17. The van der Waals surface area contributed by atoms with Crippen molar-refractivity contribution in [3.8, 4) is 17.2 Å². The van der Waals surface area contributed by atoms with Crippen molar-refractivity contribution < 1.29 is 14.3 Å². The first-order chi connectivity index (χ1) is 13.4. The van der Waals surface area contributed by atoms with Gasteiger partial charge in [-0.2, -0.15) is 5.10 Å². The molecule has 0 unspecified atom stereocenters. The summed E-state index contributed by atoms with van der Waals surface area (Å²) in [6.07, 6.45) is 1.75. The predicted octanol–water partition coefficient (Wildman–Crippen LogP) is 4.12. The third-order valence-electron chi connectivity index (χ3n) is 4.39. The minimum atomic E-state index is -0.201. The molecule has 3 rings (SSSR count). The van der Waals surface area contributed by atoms with Crippen molar-refractivity contribution in [1.82, 2.24) is 14.7 Å². The molecule has 1 amide bonds. The Labute approximate surface area is 169 Å². The van der Waals surface area contributed by atoms with Gasteiger partial charge in [0, 0.05) is 30.4 Å². The molecule has 1 aromatic heterocycles. The van der Waals surface area contributed by atoms with Crippen LogP contribution in [0.1, 0.15) is 21.6 Å². The molecular formula is C21H22ClN3O3. The van der Waals surface area contributed by atoms with Crippen LogP contribution < -0.4 is 9.47 Å². The number of methoxy groups -OCH3 is 2. The van der Waals surface area contributed by atoms with Crippen LogP contribution in [0.5, 0.6) is 11.5 Å². The first-order valence-corrected chi connectivity index (χ1v) is 9.09. The largest absolute Gasteiger partial charge is 0.496 e. The summed E-state index contributed by atoms with van der Waals surface area (Å²) in [5.41, 5.74) is 3.02. The Morgan fingerprint density at radius 1 is 1.11 bits per heavy atom. The molecule has 0 spiro atoms. The Kier molecular flexibility index (Phi) is 5.90. The van der Waals surface area contributed by atoms with Gasteiger partial charge in [-0.3, -0.25) is 4.79 Å². The molecule has 146 valence electrons. The van der Waals surface area contributed by atoms with Crippen LogP contribution in [0.25, 0.3) is 5.69 Å². The maximum absolute atomic E-state index is 12.8. The number of aryl methyl sites for hydroxylation is 1. The molecule has 0 aliphatic carbocycles. The van der Waals surface area contributed by atoms with Crippen LogP contribution in [0.4, 0.5) is 0 Å². The topological polar surface area (TPSA) is 56.6 Å². The summed E-state index contributed by atoms with van der Waals surface area (Å²) in [4.78, 5) is 14.4. The van der Waals surface area contributed by atoms with Gasteiger partial charge in [-0.15, -0.1) is 0 Å². The van der Waals surface area contributed by atoms with Crippen LogP contribution in [-0.2, 0) is 6.54 Å². The summed E-state index contributed by atoms with van der Waals surface area (Å²) in [6, 6.07) is 12.8. The second-order valence-electron chi connectivity index (χ2n) is 6.44. The number of ether oxygens (including phenoxy) is 2. The summed E-state index contributed by atoms with van der Waals surface area (Å²) >= 11 is 6.08. The average molecular weight is 400 g/mol. The monoisotopic (exact) mass is 399 g/mol. The molecule has 1 heterocycles. The normalized spacial score (nSPS) is 10.6. The minimum Gasteiger partial charge on any atom is -0.496 e. The van der Waals surface area contributed by atoms with Gasteiger partial charge in [0.15, 0.2) is 5.69 Å². The minimum absolute atomic E-state index is 0.201. The molecule has 7 heteroatoms. The number of carbonyl (C=O) groups is 1. The Morgan fingerprint density at radius 3 is 2.54 bits per heavy atom. The number of rotatable bonds is 6. The van der Waals surface area contributed by atoms with E-state index < -0.39 is 0 Å². The van der Waals surface area contributed by atoms with Crippen LogP contribution in [0, 0.1) is 6.92 Å². The van der Waals surface area contributed by atoms with E-state index in [1.807, 2.05) is 25.1 Å². The lowest BCUT2D eigenvalue weighted by Gasteiger charge is -2.18. The van der Waals surface area contributed by atoms with Gasteiger partial charge >= 0.3 is 0 Å². The van der Waals surface area contributed by atoms with Gasteiger partial charge in [-0.1, -0.05) is 17.7 Å². The van der Waals surface area contributed by atoms with Gasteiger partial charge in [-0.25, -0.2) is 4.68 Å². The van der Waals surface area contributed by atoms with Crippen molar-refractivity contribution in [2.24, 2.45) is 0 Å². The van der Waals surface area contributed by atoms with Crippen LogP contribution in [0.3, 0.4) is 0 Å². The van der Waals surface area contributed by atoms with E-state index in [2.05, 4.69) is 5.10 Å². The maximum atomic E-state index is 12.8. The summed E-state index contributed by atoms with van der Waals surface area (Å²) in [6.45, 7) is 2.34. The zero-order valence-electron chi connectivity index (χ0n) is 16.3. The molecule has 28 heavy (non-hydrogen) atoms. The van der Waals surface area contributed by atoms with Gasteiger partial charge in [0.25, 0.3) is 5.91 Å². The fourth-order valence-corrected chi connectivity index (χ4v) is 3.14. The molecular weight excluding hydrogens is 378 g/mol. The third-order valence-corrected chi connectivity index (χ3v) is 4.62. The number of hydrogen-bond acceptors (Lipinski definition) is 4. The van der Waals surface area contributed by atoms with Gasteiger partial charge in [0.05, 0.1) is 14.2 Å². The van der Waals surface area contributed by atoms with Crippen molar-refractivity contribution in [3.63, 3.8) is 0 Å². The highest BCUT2D eigenvalue weighted by molar-refractivity contribution is 6.30. The number of carbonyl (C=O) groups excluding carboxylic acids is 1. The van der Waals surface area contributed by atoms with E-state index in [0.29, 0.717) is 28.8 Å². The molecule has 0 saturated carbocycles. The summed E-state index contributed by atoms with van der Waals surface area (Å²) in [7, 11) is 4.91. The van der Waals surface area contributed by atoms with Gasteiger partial charge in [-0.05, 0) is 48.9 Å². The zero-order valence-corrected chi connectivity index (χ0v) is 17.0. The van der Waals surface area contributed by atoms with E-state index >= 15 is 0 Å². The van der Waals surface area contributed by atoms with Gasteiger partial charge < -0.3 is 14.4 Å². The van der Waals surface area contributed by atoms with Crippen molar-refractivity contribution >= 4 is 17.5 Å². The summed E-state index contributed by atoms with van der Waals surface area (Å²) < 4.78 is 12.4. The van der Waals surface area contributed by atoms with Crippen molar-refractivity contribution in [1.29, 1.82) is 0 Å². The zero-order chi connectivity index (χ0) is 20.3. The second-order valence-corrected chi connectivity index (χ2v) is 6.87. The van der Waals surface area contributed by atoms with E-state index in [9.17, 15) is 4.79 Å². The quantitative estimate of drug-likeness (QED) is 0.625. The highest BCUT2D eigenvalue weighted by atomic mass is 35.5. The standard InChI is InChI=1S/C21H22ClN3O3/c1-14-5-7-20(28-4)18(11-14)25-10-9-17(23-25)21(26)24(2)13-15-12-16(22)6-8-19(15)27-3/h5-12H,13H2,1-4H3. The fourth-order valence-electron chi connectivity index (χ4n) is 2.94. The van der Waals surface area contributed by atoms with E-state index in [1.165, 1.54) is 0 Å². The molecule has 0 N–H and O–H groups in total. The lowest BCUT2D eigenvalue weighted by atomic mass is 10.2. The molecule has 0 atom stereocenters. The molecule has 0 radical (unpaired) electrons. The highest BCUT2D eigenvalue weighted by Crippen LogP contribution is 2.25. The number of amides is 1. The SMILES string of the molecule is COc1ccc(Cl)cc1CN(C)C(=O)c1ccn(-c2cc(C)ccc2OC)n1. The lowest BCUT2D eigenvalue weighted by molar-refractivity contribution is 0.0778. The van der Waals surface area contributed by atoms with E-state index in [1.54, 1.807) is 61.3 Å². The Bertz CT molecular complexity index is 1000. The van der Waals surface area contributed by atoms with E-state index in [0.717, 1.165) is 16.8 Å². The molecule has 0 bridgehead atoms. The van der Waals surface area contributed by atoms with Crippen molar-refractivity contribution in [3.05, 3.63) is 70.5 Å². The summed E-state index contributed by atoms with van der Waals surface area (Å²) in [5, 5.41) is 5.03. The molecule has 2 aromatic carbocycles. The first-order valence-electron chi connectivity index (χ1n) is 8.71. The lowest BCUT2D eigenvalue weighted by Crippen LogP contribution is -2.27. The summed E-state index contributed by atoms with van der Waals surface area (Å²) in [5.74, 6) is 1.16. The molecule has 0 saturated heterocycles. The maximum Gasteiger partial charge on any atom is 0.274 e. The predicted molar refractivity (Wildman–Crippen MR) is 109 cm³/mol. The second kappa shape index (κ2) is 8.35. The molecule has 0 aliphatic heterocycles. The van der Waals surface area contributed by atoms with Gasteiger partial charge in [0.1, 0.15) is 17.2 Å².